The van der Waals surface area contributed by atoms with Crippen molar-refractivity contribution in [3.63, 3.8) is 0 Å². The molecule has 0 aliphatic carbocycles. The molecule has 0 aliphatic heterocycles. The Bertz CT molecular complexity index is 775. The number of rotatable bonds is 7. The molecular weight excluding hydrogens is 307 g/mol. The molecular formula is C18H19FN4O. The summed E-state index contributed by atoms with van der Waals surface area (Å²) < 4.78 is 18.9. The molecule has 1 aromatic carbocycles. The smallest absolute Gasteiger partial charge is 0.240 e. The van der Waals surface area contributed by atoms with Gasteiger partial charge in [0.2, 0.25) is 5.89 Å². The number of pyridine rings is 1. The van der Waals surface area contributed by atoms with Gasteiger partial charge in [0, 0.05) is 24.9 Å². The van der Waals surface area contributed by atoms with E-state index in [1.165, 1.54) is 11.6 Å². The van der Waals surface area contributed by atoms with Crippen LogP contribution in [0.4, 0.5) is 4.39 Å². The van der Waals surface area contributed by atoms with Gasteiger partial charge in [0.1, 0.15) is 5.82 Å². The van der Waals surface area contributed by atoms with Gasteiger partial charge in [-0.3, -0.25) is 4.98 Å². The van der Waals surface area contributed by atoms with Crippen LogP contribution in [0.15, 0.2) is 53.3 Å². The minimum absolute atomic E-state index is 0.246. The largest absolute Gasteiger partial charge is 0.338 e. The van der Waals surface area contributed by atoms with Crippen LogP contribution in [0.25, 0.3) is 0 Å². The van der Waals surface area contributed by atoms with E-state index in [0.29, 0.717) is 30.2 Å². The van der Waals surface area contributed by atoms with Gasteiger partial charge in [-0.1, -0.05) is 29.4 Å². The third kappa shape index (κ3) is 4.45. The van der Waals surface area contributed by atoms with E-state index in [1.54, 1.807) is 24.4 Å². The number of benzene rings is 1. The van der Waals surface area contributed by atoms with Crippen LogP contribution in [0.2, 0.25) is 0 Å². The number of nitrogens with one attached hydrogen (secondary N) is 1. The molecule has 124 valence electrons. The Morgan fingerprint density at radius 2 is 2.08 bits per heavy atom. The lowest BCUT2D eigenvalue weighted by atomic mass is 10.1. The highest BCUT2D eigenvalue weighted by molar-refractivity contribution is 5.20. The number of aromatic nitrogens is 3. The van der Waals surface area contributed by atoms with Crippen LogP contribution in [-0.2, 0) is 19.4 Å². The van der Waals surface area contributed by atoms with Gasteiger partial charge in [-0.05, 0) is 36.6 Å². The van der Waals surface area contributed by atoms with Crippen molar-refractivity contribution >= 4 is 0 Å². The van der Waals surface area contributed by atoms with Gasteiger partial charge in [0.05, 0.1) is 6.54 Å². The van der Waals surface area contributed by atoms with Crippen LogP contribution in [0.1, 0.15) is 29.8 Å². The second-order valence-corrected chi connectivity index (χ2v) is 5.72. The lowest BCUT2D eigenvalue weighted by Gasteiger charge is -2.11. The summed E-state index contributed by atoms with van der Waals surface area (Å²) in [5.74, 6) is 0.725. The summed E-state index contributed by atoms with van der Waals surface area (Å²) in [6.45, 7) is 2.56. The second-order valence-electron chi connectivity index (χ2n) is 5.72. The van der Waals surface area contributed by atoms with E-state index < -0.39 is 0 Å². The topological polar surface area (TPSA) is 63.8 Å². The fourth-order valence-corrected chi connectivity index (χ4v) is 2.45. The van der Waals surface area contributed by atoms with Crippen molar-refractivity contribution in [1.29, 1.82) is 0 Å². The third-order valence-corrected chi connectivity index (χ3v) is 3.68. The van der Waals surface area contributed by atoms with Crippen LogP contribution in [0, 0.1) is 5.82 Å². The van der Waals surface area contributed by atoms with Gasteiger partial charge < -0.3 is 9.84 Å². The highest BCUT2D eigenvalue weighted by Crippen LogP contribution is 2.11. The van der Waals surface area contributed by atoms with Crippen molar-refractivity contribution in [1.82, 2.24) is 20.4 Å². The lowest BCUT2D eigenvalue weighted by molar-refractivity contribution is 0.355. The summed E-state index contributed by atoms with van der Waals surface area (Å²) in [7, 11) is 0. The zero-order valence-corrected chi connectivity index (χ0v) is 13.4. The summed E-state index contributed by atoms with van der Waals surface area (Å²) in [5, 5.41) is 7.25. The van der Waals surface area contributed by atoms with Gasteiger partial charge in [-0.25, -0.2) is 4.39 Å². The Labute approximate surface area is 139 Å². The molecule has 0 spiro atoms. The van der Waals surface area contributed by atoms with Crippen LogP contribution >= 0.6 is 0 Å². The first-order chi connectivity index (χ1) is 11.7. The van der Waals surface area contributed by atoms with Crippen molar-refractivity contribution < 1.29 is 8.91 Å². The van der Waals surface area contributed by atoms with Crippen molar-refractivity contribution in [3.05, 3.63) is 77.5 Å². The predicted molar refractivity (Wildman–Crippen MR) is 87.7 cm³/mol. The van der Waals surface area contributed by atoms with E-state index in [2.05, 4.69) is 27.4 Å². The predicted octanol–water partition coefficient (Wildman–Crippen LogP) is 2.92. The standard InChI is InChI=1S/C18H19FN4O/c1-13(9-14-5-4-8-20-11-14)21-12-18-22-17(23-24-18)10-15-6-2-3-7-16(15)19/h2-8,11,13,21H,9-10,12H2,1H3/t13-/m0/s1. The first kappa shape index (κ1) is 16.3. The number of nitrogens with zero attached hydrogens (tertiary/aromatic N) is 3. The highest BCUT2D eigenvalue weighted by atomic mass is 19.1. The molecule has 6 heteroatoms. The Kier molecular flexibility index (Phi) is 5.28. The minimum atomic E-state index is -0.257. The molecule has 0 aliphatic rings. The molecule has 1 N–H and O–H groups in total. The van der Waals surface area contributed by atoms with E-state index in [4.69, 9.17) is 4.52 Å². The summed E-state index contributed by atoms with van der Waals surface area (Å²) in [6, 6.07) is 10.8. The van der Waals surface area contributed by atoms with Crippen molar-refractivity contribution in [2.75, 3.05) is 0 Å². The third-order valence-electron chi connectivity index (χ3n) is 3.68. The van der Waals surface area contributed by atoms with Crippen molar-refractivity contribution in [2.24, 2.45) is 0 Å². The van der Waals surface area contributed by atoms with Crippen LogP contribution in [0.3, 0.4) is 0 Å². The first-order valence-electron chi connectivity index (χ1n) is 7.88. The van der Waals surface area contributed by atoms with Crippen LogP contribution in [-0.4, -0.2) is 21.2 Å². The van der Waals surface area contributed by atoms with E-state index >= 15 is 0 Å². The quantitative estimate of drug-likeness (QED) is 0.723. The minimum Gasteiger partial charge on any atom is -0.338 e. The normalized spacial score (nSPS) is 12.2. The molecule has 5 nitrogen and oxygen atoms in total. The molecule has 0 saturated heterocycles. The average molecular weight is 326 g/mol. The molecule has 2 heterocycles. The Morgan fingerprint density at radius 3 is 2.88 bits per heavy atom. The summed E-state index contributed by atoms with van der Waals surface area (Å²) >= 11 is 0. The van der Waals surface area contributed by atoms with E-state index in [0.717, 1.165) is 6.42 Å². The summed E-state index contributed by atoms with van der Waals surface area (Å²) in [5.41, 5.74) is 1.73. The van der Waals surface area contributed by atoms with Crippen LogP contribution in [0.5, 0.6) is 0 Å². The first-order valence-corrected chi connectivity index (χ1v) is 7.88. The Balaban J connectivity index is 1.52. The van der Waals surface area contributed by atoms with Crippen molar-refractivity contribution in [3.8, 4) is 0 Å². The number of hydrogen-bond acceptors (Lipinski definition) is 5. The molecule has 3 aromatic rings. The molecule has 0 unspecified atom stereocenters. The molecule has 0 radical (unpaired) electrons. The number of hydrogen-bond donors (Lipinski definition) is 1. The Hall–Kier alpha value is -2.60. The highest BCUT2D eigenvalue weighted by Gasteiger charge is 2.11. The maximum Gasteiger partial charge on any atom is 0.240 e. The maximum absolute atomic E-state index is 13.6. The zero-order chi connectivity index (χ0) is 16.8. The molecule has 24 heavy (non-hydrogen) atoms. The van der Waals surface area contributed by atoms with Crippen molar-refractivity contribution in [2.45, 2.75) is 32.4 Å². The zero-order valence-electron chi connectivity index (χ0n) is 13.4. The average Bonchev–Trinajstić information content (AvgIpc) is 3.04. The Morgan fingerprint density at radius 1 is 1.21 bits per heavy atom. The van der Waals surface area contributed by atoms with Gasteiger partial charge in [-0.15, -0.1) is 0 Å². The maximum atomic E-state index is 13.6. The molecule has 0 fully saturated rings. The lowest BCUT2D eigenvalue weighted by Crippen LogP contribution is -2.27. The van der Waals surface area contributed by atoms with E-state index in [1.807, 2.05) is 18.3 Å². The monoisotopic (exact) mass is 326 g/mol. The summed E-state index contributed by atoms with van der Waals surface area (Å²) in [6.07, 6.45) is 4.81. The van der Waals surface area contributed by atoms with Crippen LogP contribution < -0.4 is 5.32 Å². The molecule has 0 saturated carbocycles. The molecule has 1 atom stereocenters. The number of halogens is 1. The SMILES string of the molecule is C[C@@H](Cc1cccnc1)NCc1nc(Cc2ccccc2F)no1. The van der Waals surface area contributed by atoms with E-state index in [-0.39, 0.29) is 11.9 Å². The molecule has 0 amide bonds. The second kappa shape index (κ2) is 7.79. The molecule has 0 bridgehead atoms. The van der Waals surface area contributed by atoms with E-state index in [9.17, 15) is 4.39 Å². The van der Waals surface area contributed by atoms with Gasteiger partial charge in [0.25, 0.3) is 0 Å². The molecule has 3 rings (SSSR count). The van der Waals surface area contributed by atoms with Gasteiger partial charge >= 0.3 is 0 Å². The fourth-order valence-electron chi connectivity index (χ4n) is 2.45. The fraction of sp³-hybridized carbons (Fsp3) is 0.278. The van der Waals surface area contributed by atoms with Gasteiger partial charge in [-0.2, -0.15) is 4.98 Å². The van der Waals surface area contributed by atoms with Gasteiger partial charge in [0.15, 0.2) is 5.82 Å². The summed E-state index contributed by atoms with van der Waals surface area (Å²) in [4.78, 5) is 8.41. The molecule has 2 aromatic heterocycles.